The molecule has 1 fully saturated rings. The van der Waals surface area contributed by atoms with E-state index in [1.54, 1.807) is 4.90 Å². The van der Waals surface area contributed by atoms with Gasteiger partial charge in [0, 0.05) is 37.1 Å². The number of carbonyl (C=O) groups is 2. The molecular formula is C12H24ClN3O2S. The minimum Gasteiger partial charge on any atom is -0.368 e. The van der Waals surface area contributed by atoms with Crippen LogP contribution in [0.25, 0.3) is 0 Å². The fraction of sp³-hybridized carbons (Fsp3) is 0.833. The van der Waals surface area contributed by atoms with Crippen LogP contribution in [0.5, 0.6) is 0 Å². The molecule has 1 atom stereocenters. The van der Waals surface area contributed by atoms with Gasteiger partial charge in [0.2, 0.25) is 11.8 Å². The van der Waals surface area contributed by atoms with E-state index in [1.165, 1.54) is 0 Å². The van der Waals surface area contributed by atoms with Crippen molar-refractivity contribution in [3.8, 4) is 0 Å². The van der Waals surface area contributed by atoms with Crippen molar-refractivity contribution in [2.45, 2.75) is 26.3 Å². The van der Waals surface area contributed by atoms with Gasteiger partial charge in [-0.15, -0.1) is 12.4 Å². The van der Waals surface area contributed by atoms with Gasteiger partial charge in [-0.1, -0.05) is 13.8 Å². The Balaban J connectivity index is 0.00000324. The van der Waals surface area contributed by atoms with Gasteiger partial charge < -0.3 is 16.0 Å². The first-order valence-corrected chi connectivity index (χ1v) is 7.51. The summed E-state index contributed by atoms with van der Waals surface area (Å²) in [5.74, 6) is 1.96. The number of thioether (sulfide) groups is 1. The number of carbonyl (C=O) groups excluding carboxylic acids is 2. The fourth-order valence-electron chi connectivity index (χ4n) is 1.97. The van der Waals surface area contributed by atoms with Gasteiger partial charge in [-0.2, -0.15) is 11.8 Å². The summed E-state index contributed by atoms with van der Waals surface area (Å²) in [6, 6.07) is 0.221. The van der Waals surface area contributed by atoms with Crippen LogP contribution in [0.2, 0.25) is 0 Å². The van der Waals surface area contributed by atoms with Crippen LogP contribution in [0.15, 0.2) is 0 Å². The molecule has 0 aliphatic carbocycles. The van der Waals surface area contributed by atoms with Crippen molar-refractivity contribution >= 4 is 36.0 Å². The number of primary amides is 1. The Kier molecular flexibility index (Phi) is 9.22. The number of halogens is 1. The van der Waals surface area contributed by atoms with Crippen LogP contribution in [-0.4, -0.2) is 53.9 Å². The van der Waals surface area contributed by atoms with Crippen molar-refractivity contribution < 1.29 is 9.59 Å². The van der Waals surface area contributed by atoms with Crippen LogP contribution in [0.3, 0.4) is 0 Å². The third-order valence-corrected chi connectivity index (χ3v) is 3.84. The Bertz CT molecular complexity index is 297. The summed E-state index contributed by atoms with van der Waals surface area (Å²) >= 11 is 1.86. The van der Waals surface area contributed by atoms with Crippen LogP contribution in [0.4, 0.5) is 0 Å². The quantitative estimate of drug-likeness (QED) is 0.748. The molecule has 1 rings (SSSR count). The van der Waals surface area contributed by atoms with Gasteiger partial charge in [-0.05, 0) is 5.92 Å². The molecule has 7 heteroatoms. The summed E-state index contributed by atoms with van der Waals surface area (Å²) < 4.78 is 0. The maximum absolute atomic E-state index is 12.2. The third-order valence-electron chi connectivity index (χ3n) is 2.70. The highest BCUT2D eigenvalue weighted by Crippen LogP contribution is 2.12. The van der Waals surface area contributed by atoms with E-state index in [9.17, 15) is 9.59 Å². The summed E-state index contributed by atoms with van der Waals surface area (Å²) in [6.45, 7) is 5.60. The number of hydrogen-bond donors (Lipinski definition) is 2. The Morgan fingerprint density at radius 3 is 2.63 bits per heavy atom. The predicted molar refractivity (Wildman–Crippen MR) is 81.6 cm³/mol. The molecule has 0 radical (unpaired) electrons. The van der Waals surface area contributed by atoms with Gasteiger partial charge >= 0.3 is 0 Å². The molecule has 0 bridgehead atoms. The molecule has 0 aromatic rings. The van der Waals surface area contributed by atoms with Gasteiger partial charge in [0.05, 0.1) is 6.54 Å². The standard InChI is InChI=1S/C12H23N3O2S.ClH/c1-9(2)6-15(7-11(13)16)12(17)5-10-8-18-4-3-14-10;/h9-10,14H,3-8H2,1-2H3,(H2,13,16);1H. The van der Waals surface area contributed by atoms with Crippen LogP contribution in [0.1, 0.15) is 20.3 Å². The van der Waals surface area contributed by atoms with E-state index in [4.69, 9.17) is 5.73 Å². The molecular weight excluding hydrogens is 286 g/mol. The second-order valence-corrected chi connectivity index (χ2v) is 6.21. The van der Waals surface area contributed by atoms with Crippen molar-refractivity contribution in [1.82, 2.24) is 10.2 Å². The molecule has 0 saturated carbocycles. The number of nitrogens with two attached hydrogens (primary N) is 1. The second kappa shape index (κ2) is 9.44. The average Bonchev–Trinajstić information content (AvgIpc) is 2.28. The smallest absolute Gasteiger partial charge is 0.237 e. The van der Waals surface area contributed by atoms with Crippen LogP contribution in [0, 0.1) is 5.92 Å². The summed E-state index contributed by atoms with van der Waals surface area (Å²) in [4.78, 5) is 24.7. The molecule has 1 heterocycles. The first-order valence-electron chi connectivity index (χ1n) is 6.36. The first-order chi connectivity index (χ1) is 8.49. The van der Waals surface area contributed by atoms with E-state index in [0.29, 0.717) is 18.9 Å². The predicted octanol–water partition coefficient (Wildman–Crippen LogP) is 0.473. The van der Waals surface area contributed by atoms with E-state index < -0.39 is 5.91 Å². The van der Waals surface area contributed by atoms with Gasteiger partial charge in [0.25, 0.3) is 0 Å². The lowest BCUT2D eigenvalue weighted by molar-refractivity contribution is -0.136. The lowest BCUT2D eigenvalue weighted by Gasteiger charge is -2.27. The Morgan fingerprint density at radius 2 is 2.16 bits per heavy atom. The fourth-order valence-corrected chi connectivity index (χ4v) is 2.92. The zero-order valence-corrected chi connectivity index (χ0v) is 13.2. The first kappa shape index (κ1) is 18.5. The van der Waals surface area contributed by atoms with Crippen molar-refractivity contribution in [2.75, 3.05) is 31.1 Å². The highest BCUT2D eigenvalue weighted by Gasteiger charge is 2.22. The van der Waals surface area contributed by atoms with Crippen LogP contribution < -0.4 is 11.1 Å². The Morgan fingerprint density at radius 1 is 1.47 bits per heavy atom. The number of nitrogens with zero attached hydrogens (tertiary/aromatic N) is 1. The average molecular weight is 310 g/mol. The molecule has 2 amide bonds. The lowest BCUT2D eigenvalue weighted by Crippen LogP contribution is -2.45. The maximum atomic E-state index is 12.2. The van der Waals surface area contributed by atoms with Crippen LogP contribution >= 0.6 is 24.2 Å². The SMILES string of the molecule is CC(C)CN(CC(N)=O)C(=O)CC1CSCCN1.Cl. The van der Waals surface area contributed by atoms with Crippen molar-refractivity contribution in [2.24, 2.45) is 11.7 Å². The van der Waals surface area contributed by atoms with Crippen molar-refractivity contribution in [3.63, 3.8) is 0 Å². The maximum Gasteiger partial charge on any atom is 0.237 e. The van der Waals surface area contributed by atoms with E-state index in [-0.39, 0.29) is 30.9 Å². The zero-order chi connectivity index (χ0) is 13.5. The molecule has 19 heavy (non-hydrogen) atoms. The van der Waals surface area contributed by atoms with Crippen molar-refractivity contribution in [1.29, 1.82) is 0 Å². The van der Waals surface area contributed by atoms with E-state index in [0.717, 1.165) is 18.1 Å². The Labute approximate surface area is 125 Å². The summed E-state index contributed by atoms with van der Waals surface area (Å²) in [5, 5.41) is 3.33. The number of nitrogens with one attached hydrogen (secondary N) is 1. The van der Waals surface area contributed by atoms with Gasteiger partial charge in [-0.3, -0.25) is 9.59 Å². The highest BCUT2D eigenvalue weighted by molar-refractivity contribution is 7.99. The molecule has 112 valence electrons. The van der Waals surface area contributed by atoms with Crippen molar-refractivity contribution in [3.05, 3.63) is 0 Å². The molecule has 5 nitrogen and oxygen atoms in total. The molecule has 1 aliphatic rings. The van der Waals surface area contributed by atoms with Crippen LogP contribution in [-0.2, 0) is 9.59 Å². The Hall–Kier alpha value is -0.460. The summed E-state index contributed by atoms with van der Waals surface area (Å²) in [5.41, 5.74) is 5.19. The minimum absolute atomic E-state index is 0. The number of rotatable bonds is 6. The second-order valence-electron chi connectivity index (χ2n) is 5.06. The lowest BCUT2D eigenvalue weighted by atomic mass is 10.1. The molecule has 0 aromatic heterocycles. The molecule has 0 aromatic carbocycles. The molecule has 3 N–H and O–H groups in total. The molecule has 1 aliphatic heterocycles. The van der Waals surface area contributed by atoms with Gasteiger partial charge in [0.15, 0.2) is 0 Å². The van der Waals surface area contributed by atoms with Gasteiger partial charge in [-0.25, -0.2) is 0 Å². The molecule has 1 unspecified atom stereocenters. The van der Waals surface area contributed by atoms with E-state index >= 15 is 0 Å². The summed E-state index contributed by atoms with van der Waals surface area (Å²) in [7, 11) is 0. The molecule has 0 spiro atoms. The van der Waals surface area contributed by atoms with E-state index in [1.807, 2.05) is 25.6 Å². The summed E-state index contributed by atoms with van der Waals surface area (Å²) in [6.07, 6.45) is 0.451. The monoisotopic (exact) mass is 309 g/mol. The van der Waals surface area contributed by atoms with Gasteiger partial charge in [0.1, 0.15) is 0 Å². The molecule has 1 saturated heterocycles. The number of amides is 2. The zero-order valence-electron chi connectivity index (χ0n) is 11.6. The minimum atomic E-state index is -0.449. The van der Waals surface area contributed by atoms with E-state index in [2.05, 4.69) is 5.32 Å². The third kappa shape index (κ3) is 7.64. The number of hydrogen-bond acceptors (Lipinski definition) is 4. The largest absolute Gasteiger partial charge is 0.368 e. The normalized spacial score (nSPS) is 18.8. The highest BCUT2D eigenvalue weighted by atomic mass is 35.5. The topological polar surface area (TPSA) is 75.4 Å².